The average Bonchev–Trinajstić information content (AvgIpc) is 2.71. The van der Waals surface area contributed by atoms with Crippen molar-refractivity contribution < 1.29 is 22.2 Å². The molecule has 0 bridgehead atoms. The molecule has 0 radical (unpaired) electrons. The molecule has 1 aliphatic heterocycles. The number of nitrogens with zero attached hydrogens (tertiary/aromatic N) is 1. The average molecular weight is 327 g/mol. The van der Waals surface area contributed by atoms with E-state index in [0.717, 1.165) is 6.26 Å². The molecule has 0 aliphatic carbocycles. The zero-order valence-electron chi connectivity index (χ0n) is 11.9. The van der Waals surface area contributed by atoms with E-state index in [1.54, 1.807) is 20.8 Å². The van der Waals surface area contributed by atoms with Gasteiger partial charge in [-0.15, -0.1) is 0 Å². The molecule has 0 aromatic rings. The van der Waals surface area contributed by atoms with E-state index in [9.17, 15) is 13.2 Å². The summed E-state index contributed by atoms with van der Waals surface area (Å²) in [6, 6.07) is 0. The van der Waals surface area contributed by atoms with Crippen LogP contribution in [0, 0.1) is 0 Å². The Labute approximate surface area is 123 Å². The Balaban J connectivity index is 2.60. The molecule has 0 atom stereocenters. The molecule has 9 heteroatoms. The molecule has 0 spiro atoms. The molecule has 20 heavy (non-hydrogen) atoms. The van der Waals surface area contributed by atoms with Crippen LogP contribution < -0.4 is 5.48 Å². The van der Waals surface area contributed by atoms with Crippen LogP contribution in [0.1, 0.15) is 27.2 Å². The Morgan fingerprint density at radius 1 is 1.40 bits per heavy atom. The number of carbonyl (C=O) groups excluding carboxylic acids is 1. The smallest absolute Gasteiger partial charge is 0.410 e. The lowest BCUT2D eigenvalue weighted by Crippen LogP contribution is -2.35. The lowest BCUT2D eigenvalue weighted by atomic mass is 10.2. The predicted molar refractivity (Wildman–Crippen MR) is 74.4 cm³/mol. The van der Waals surface area contributed by atoms with Crippen LogP contribution in [0.4, 0.5) is 4.79 Å². The van der Waals surface area contributed by atoms with Crippen LogP contribution in [-0.4, -0.2) is 44.4 Å². The highest BCUT2D eigenvalue weighted by molar-refractivity contribution is 7.85. The first-order valence-electron chi connectivity index (χ1n) is 5.98. The van der Waals surface area contributed by atoms with Crippen molar-refractivity contribution in [2.75, 3.05) is 19.3 Å². The fourth-order valence-electron chi connectivity index (χ4n) is 1.50. The van der Waals surface area contributed by atoms with Gasteiger partial charge < -0.3 is 9.64 Å². The van der Waals surface area contributed by atoms with Crippen molar-refractivity contribution in [1.82, 2.24) is 10.4 Å². The van der Waals surface area contributed by atoms with Crippen molar-refractivity contribution in [3.8, 4) is 0 Å². The number of hydrogen-bond donors (Lipinski definition) is 1. The van der Waals surface area contributed by atoms with Gasteiger partial charge in [-0.3, -0.25) is 0 Å². The van der Waals surface area contributed by atoms with Crippen molar-refractivity contribution >= 4 is 27.8 Å². The number of nitrogens with one attached hydrogen (secondary N) is 1. The highest BCUT2D eigenvalue weighted by Crippen LogP contribution is 2.22. The molecule has 1 aliphatic rings. The summed E-state index contributed by atoms with van der Waals surface area (Å²) < 4.78 is 31.3. The Bertz CT molecular complexity index is 509. The van der Waals surface area contributed by atoms with Gasteiger partial charge in [-0.2, -0.15) is 12.7 Å². The van der Waals surface area contributed by atoms with Gasteiger partial charge in [0.1, 0.15) is 10.8 Å². The molecular formula is C11H19ClN2O5S. The number of carbonyl (C=O) groups is 1. The number of likely N-dealkylation sites (tertiary alicyclic amines) is 1. The maximum absolute atomic E-state index is 11.8. The molecule has 0 unspecified atom stereocenters. The van der Waals surface area contributed by atoms with E-state index in [1.165, 1.54) is 4.90 Å². The maximum Gasteiger partial charge on any atom is 0.410 e. The van der Waals surface area contributed by atoms with Crippen LogP contribution in [0.3, 0.4) is 0 Å². The summed E-state index contributed by atoms with van der Waals surface area (Å²) in [5.41, 5.74) is 2.27. The van der Waals surface area contributed by atoms with Crippen LogP contribution in [-0.2, 0) is 19.1 Å². The van der Waals surface area contributed by atoms with Gasteiger partial charge in [0.05, 0.1) is 6.26 Å². The largest absolute Gasteiger partial charge is 0.444 e. The van der Waals surface area contributed by atoms with Gasteiger partial charge in [0, 0.05) is 13.1 Å². The summed E-state index contributed by atoms with van der Waals surface area (Å²) >= 11 is 5.90. The molecule has 0 saturated carbocycles. The zero-order valence-corrected chi connectivity index (χ0v) is 13.5. The van der Waals surface area contributed by atoms with Crippen molar-refractivity contribution in [1.29, 1.82) is 0 Å². The van der Waals surface area contributed by atoms with Gasteiger partial charge in [0.25, 0.3) is 10.1 Å². The van der Waals surface area contributed by atoms with Crippen LogP contribution in [0.2, 0.25) is 0 Å². The van der Waals surface area contributed by atoms with Crippen LogP contribution in [0.5, 0.6) is 0 Å². The second-order valence-electron chi connectivity index (χ2n) is 5.46. The zero-order chi connectivity index (χ0) is 15.6. The van der Waals surface area contributed by atoms with Gasteiger partial charge in [0.2, 0.25) is 0 Å². The third-order valence-corrected chi connectivity index (χ3v) is 3.04. The van der Waals surface area contributed by atoms with Crippen LogP contribution >= 0.6 is 11.6 Å². The SMILES string of the molecule is CC(C)(C)OC(=O)N1CCC(=C(Cl)NOS(C)(=O)=O)C1. The molecule has 0 aromatic carbocycles. The fourth-order valence-corrected chi connectivity index (χ4v) is 1.98. The molecule has 1 N–H and O–H groups in total. The van der Waals surface area contributed by atoms with Crippen molar-refractivity contribution in [3.05, 3.63) is 10.7 Å². The molecule has 1 fully saturated rings. The second-order valence-corrected chi connectivity index (χ2v) is 7.41. The van der Waals surface area contributed by atoms with E-state index in [4.69, 9.17) is 16.3 Å². The maximum atomic E-state index is 11.8. The number of rotatable bonds is 3. The summed E-state index contributed by atoms with van der Waals surface area (Å²) in [6.07, 6.45) is 0.996. The number of hydroxylamine groups is 1. The summed E-state index contributed by atoms with van der Waals surface area (Å²) in [5.74, 6) is 0. The quantitative estimate of drug-likeness (QED) is 0.626. The number of ether oxygens (including phenoxy) is 1. The van der Waals surface area contributed by atoms with E-state index in [1.807, 2.05) is 0 Å². The van der Waals surface area contributed by atoms with Crippen molar-refractivity contribution in [2.45, 2.75) is 32.8 Å². The highest BCUT2D eigenvalue weighted by atomic mass is 35.5. The number of halogens is 1. The van der Waals surface area contributed by atoms with Gasteiger partial charge in [-0.05, 0) is 32.8 Å². The molecule has 1 heterocycles. The minimum absolute atomic E-state index is 0.0708. The van der Waals surface area contributed by atoms with E-state index in [0.29, 0.717) is 18.5 Å². The second kappa shape index (κ2) is 6.19. The van der Waals surface area contributed by atoms with Crippen molar-refractivity contribution in [2.24, 2.45) is 0 Å². The topological polar surface area (TPSA) is 84.9 Å². The van der Waals surface area contributed by atoms with Crippen LogP contribution in [0.25, 0.3) is 0 Å². The molecule has 7 nitrogen and oxygen atoms in total. The Morgan fingerprint density at radius 3 is 2.50 bits per heavy atom. The van der Waals surface area contributed by atoms with Gasteiger partial charge in [0.15, 0.2) is 0 Å². The van der Waals surface area contributed by atoms with E-state index >= 15 is 0 Å². The van der Waals surface area contributed by atoms with E-state index in [-0.39, 0.29) is 11.7 Å². The van der Waals surface area contributed by atoms with Gasteiger partial charge in [-0.25, -0.2) is 10.3 Å². The lowest BCUT2D eigenvalue weighted by Gasteiger charge is -2.24. The Kier molecular flexibility index (Phi) is 5.28. The first-order chi connectivity index (χ1) is 8.98. The Morgan fingerprint density at radius 2 is 2.00 bits per heavy atom. The molecule has 1 rings (SSSR count). The molecule has 1 saturated heterocycles. The lowest BCUT2D eigenvalue weighted by molar-refractivity contribution is 0.0299. The number of amides is 1. The summed E-state index contributed by atoms with van der Waals surface area (Å²) in [6.45, 7) is 6.08. The van der Waals surface area contributed by atoms with E-state index < -0.39 is 21.8 Å². The third-order valence-electron chi connectivity index (χ3n) is 2.31. The third kappa shape index (κ3) is 5.98. The molecule has 0 aromatic heterocycles. The summed E-state index contributed by atoms with van der Waals surface area (Å²) in [7, 11) is -3.64. The monoisotopic (exact) mass is 326 g/mol. The molecule has 1 amide bonds. The van der Waals surface area contributed by atoms with E-state index in [2.05, 4.69) is 9.76 Å². The summed E-state index contributed by atoms with van der Waals surface area (Å²) in [5, 5.41) is 0.0708. The normalized spacial score (nSPS) is 18.9. The van der Waals surface area contributed by atoms with Crippen LogP contribution in [0.15, 0.2) is 10.7 Å². The fraction of sp³-hybridized carbons (Fsp3) is 0.727. The summed E-state index contributed by atoms with van der Waals surface area (Å²) in [4.78, 5) is 13.3. The standard InChI is InChI=1S/C11H19ClN2O5S/c1-11(2,3)18-10(15)14-6-5-8(7-14)9(12)13-19-20(4,16)17/h13H,5-7H2,1-4H3. The Hall–Kier alpha value is -0.990. The first-order valence-corrected chi connectivity index (χ1v) is 8.17. The number of hydrogen-bond acceptors (Lipinski definition) is 6. The molecular weight excluding hydrogens is 308 g/mol. The minimum Gasteiger partial charge on any atom is -0.444 e. The first kappa shape index (κ1) is 17.1. The highest BCUT2D eigenvalue weighted by Gasteiger charge is 2.28. The minimum atomic E-state index is -3.64. The van der Waals surface area contributed by atoms with Crippen molar-refractivity contribution in [3.63, 3.8) is 0 Å². The van der Waals surface area contributed by atoms with Gasteiger partial charge in [-0.1, -0.05) is 11.6 Å². The predicted octanol–water partition coefficient (Wildman–Crippen LogP) is 1.56. The van der Waals surface area contributed by atoms with Gasteiger partial charge >= 0.3 is 6.09 Å². The molecule has 116 valence electrons.